The van der Waals surface area contributed by atoms with Crippen LogP contribution in [0.1, 0.15) is 54.9 Å². The van der Waals surface area contributed by atoms with Crippen LogP contribution in [0.25, 0.3) is 0 Å². The zero-order valence-electron chi connectivity index (χ0n) is 16.4. The molecule has 1 heterocycles. The second kappa shape index (κ2) is 8.61. The van der Waals surface area contributed by atoms with Crippen LogP contribution in [0, 0.1) is 12.8 Å². The van der Waals surface area contributed by atoms with Crippen LogP contribution in [0.5, 0.6) is 0 Å². The minimum Gasteiger partial charge on any atom is -0.464 e. The van der Waals surface area contributed by atoms with E-state index in [-0.39, 0.29) is 23.0 Å². The van der Waals surface area contributed by atoms with Gasteiger partial charge in [-0.1, -0.05) is 12.5 Å². The maximum absolute atomic E-state index is 13.0. The lowest BCUT2D eigenvalue weighted by atomic mass is 10.1. The van der Waals surface area contributed by atoms with E-state index in [1.165, 1.54) is 16.4 Å². The Labute approximate surface area is 166 Å². The highest BCUT2D eigenvalue weighted by Crippen LogP contribution is 2.29. The smallest absolute Gasteiger partial charge is 0.325 e. The number of benzene rings is 1. The molecular formula is C20H28N2O5S. The number of esters is 1. The van der Waals surface area contributed by atoms with E-state index in [1.807, 2.05) is 6.92 Å². The first-order valence-electron chi connectivity index (χ1n) is 9.85. The molecule has 1 aromatic rings. The lowest BCUT2D eigenvalue weighted by Crippen LogP contribution is -2.42. The molecule has 1 saturated carbocycles. The molecule has 1 aromatic carbocycles. The van der Waals surface area contributed by atoms with Crippen molar-refractivity contribution in [2.45, 2.75) is 56.9 Å². The molecule has 1 unspecified atom stereocenters. The van der Waals surface area contributed by atoms with Gasteiger partial charge in [0, 0.05) is 18.2 Å². The van der Waals surface area contributed by atoms with Crippen LogP contribution in [0.2, 0.25) is 0 Å². The van der Waals surface area contributed by atoms with Crippen LogP contribution in [0.4, 0.5) is 0 Å². The fourth-order valence-corrected chi connectivity index (χ4v) is 5.09. The topological polar surface area (TPSA) is 92.8 Å². The molecule has 0 aromatic heterocycles. The number of sulfonamides is 1. The van der Waals surface area contributed by atoms with Gasteiger partial charge in [0.2, 0.25) is 10.0 Å². The molecular weight excluding hydrogens is 380 g/mol. The number of hydrogen-bond donors (Lipinski definition) is 1. The summed E-state index contributed by atoms with van der Waals surface area (Å²) in [5.41, 5.74) is 0.898. The van der Waals surface area contributed by atoms with Crippen molar-refractivity contribution in [3.8, 4) is 0 Å². The Morgan fingerprint density at radius 3 is 2.64 bits per heavy atom. The first-order valence-corrected chi connectivity index (χ1v) is 11.3. The number of ether oxygens (including phenoxy) is 1. The van der Waals surface area contributed by atoms with Crippen molar-refractivity contribution in [2.75, 3.05) is 19.7 Å². The Balaban J connectivity index is 1.69. The maximum Gasteiger partial charge on any atom is 0.325 e. The van der Waals surface area contributed by atoms with Gasteiger partial charge in [-0.3, -0.25) is 9.59 Å². The second-order valence-corrected chi connectivity index (χ2v) is 9.64. The third-order valence-electron chi connectivity index (χ3n) is 5.37. The van der Waals surface area contributed by atoms with Crippen molar-refractivity contribution in [3.05, 3.63) is 29.3 Å². The van der Waals surface area contributed by atoms with E-state index in [1.54, 1.807) is 13.0 Å². The molecule has 0 radical (unpaired) electrons. The van der Waals surface area contributed by atoms with Crippen molar-refractivity contribution < 1.29 is 22.7 Å². The predicted octanol–water partition coefficient (Wildman–Crippen LogP) is 2.24. The van der Waals surface area contributed by atoms with E-state index in [2.05, 4.69) is 5.32 Å². The van der Waals surface area contributed by atoms with E-state index < -0.39 is 21.9 Å². The van der Waals surface area contributed by atoms with Gasteiger partial charge in [-0.2, -0.15) is 4.31 Å². The normalized spacial score (nSPS) is 20.6. The Morgan fingerprint density at radius 2 is 1.96 bits per heavy atom. The number of carbonyl (C=O) groups is 2. The van der Waals surface area contributed by atoms with E-state index >= 15 is 0 Å². The highest BCUT2D eigenvalue weighted by molar-refractivity contribution is 7.89. The summed E-state index contributed by atoms with van der Waals surface area (Å²) >= 11 is 0. The quantitative estimate of drug-likeness (QED) is 0.699. The fraction of sp³-hybridized carbons (Fsp3) is 0.600. The van der Waals surface area contributed by atoms with Crippen molar-refractivity contribution in [2.24, 2.45) is 5.92 Å². The lowest BCUT2D eigenvalue weighted by molar-refractivity contribution is -0.142. The number of nitrogens with one attached hydrogen (secondary N) is 1. The van der Waals surface area contributed by atoms with Gasteiger partial charge in [0.05, 0.1) is 11.5 Å². The number of hydrogen-bond acceptors (Lipinski definition) is 5. The molecule has 28 heavy (non-hydrogen) atoms. The van der Waals surface area contributed by atoms with Crippen LogP contribution in [0.15, 0.2) is 23.1 Å². The Kier molecular flexibility index (Phi) is 6.40. The summed E-state index contributed by atoms with van der Waals surface area (Å²) in [4.78, 5) is 24.3. The first-order chi connectivity index (χ1) is 13.3. The summed E-state index contributed by atoms with van der Waals surface area (Å²) in [5, 5.41) is 2.53. The molecule has 7 nitrogen and oxygen atoms in total. The molecule has 1 N–H and O–H groups in total. The van der Waals surface area contributed by atoms with Gasteiger partial charge in [-0.05, 0) is 63.1 Å². The van der Waals surface area contributed by atoms with Crippen molar-refractivity contribution in [1.29, 1.82) is 0 Å². The van der Waals surface area contributed by atoms with E-state index in [0.717, 1.165) is 32.1 Å². The number of nitrogens with zero attached hydrogens (tertiary/aromatic N) is 1. The molecule has 2 aliphatic rings. The number of aryl methyl sites for hydroxylation is 1. The highest BCUT2D eigenvalue weighted by atomic mass is 32.2. The highest BCUT2D eigenvalue weighted by Gasteiger charge is 2.31. The van der Waals surface area contributed by atoms with Crippen LogP contribution < -0.4 is 5.32 Å². The fourth-order valence-electron chi connectivity index (χ4n) is 3.36. The van der Waals surface area contributed by atoms with Crippen molar-refractivity contribution in [1.82, 2.24) is 9.62 Å². The molecule has 2 fully saturated rings. The monoisotopic (exact) mass is 408 g/mol. The molecule has 1 amide bonds. The Hall–Kier alpha value is -1.93. The standard InChI is InChI=1S/C20H28N2O5S/c1-14-6-9-17(28(25,26)22-10-4-3-5-15(22)2)11-18(14)20(24)21-12-19(23)27-13-16-7-8-16/h6,9,11,15-16H,3-5,7-8,10,12-13H2,1-2H3,(H,21,24). The molecule has 0 bridgehead atoms. The van der Waals surface area contributed by atoms with Crippen molar-refractivity contribution in [3.63, 3.8) is 0 Å². The van der Waals surface area contributed by atoms with Crippen LogP contribution >= 0.6 is 0 Å². The van der Waals surface area contributed by atoms with Crippen LogP contribution in [-0.4, -0.2) is 50.3 Å². The van der Waals surface area contributed by atoms with Crippen LogP contribution in [0.3, 0.4) is 0 Å². The van der Waals surface area contributed by atoms with Crippen LogP contribution in [-0.2, 0) is 19.6 Å². The van der Waals surface area contributed by atoms with Crippen molar-refractivity contribution >= 4 is 21.9 Å². The lowest BCUT2D eigenvalue weighted by Gasteiger charge is -2.32. The second-order valence-electron chi connectivity index (χ2n) is 7.75. The van der Waals surface area contributed by atoms with E-state index in [0.29, 0.717) is 24.6 Å². The van der Waals surface area contributed by atoms with E-state index in [9.17, 15) is 18.0 Å². The number of piperidine rings is 1. The van der Waals surface area contributed by atoms with Gasteiger partial charge in [0.25, 0.3) is 5.91 Å². The SMILES string of the molecule is Cc1ccc(S(=O)(=O)N2CCCCC2C)cc1C(=O)NCC(=O)OCC1CC1. The summed E-state index contributed by atoms with van der Waals surface area (Å²) in [7, 11) is -3.66. The summed E-state index contributed by atoms with van der Waals surface area (Å²) in [6.45, 7) is 4.30. The predicted molar refractivity (Wildman–Crippen MR) is 104 cm³/mol. The third kappa shape index (κ3) is 4.91. The minimum absolute atomic E-state index is 0.0569. The maximum atomic E-state index is 13.0. The summed E-state index contributed by atoms with van der Waals surface area (Å²) < 4.78 is 32.7. The van der Waals surface area contributed by atoms with E-state index in [4.69, 9.17) is 4.74 Å². The molecule has 3 rings (SSSR count). The van der Waals surface area contributed by atoms with Gasteiger partial charge in [0.15, 0.2) is 0 Å². The molecule has 1 atom stereocenters. The largest absolute Gasteiger partial charge is 0.464 e. The summed E-state index contributed by atoms with van der Waals surface area (Å²) in [6.07, 6.45) is 4.85. The molecule has 154 valence electrons. The Morgan fingerprint density at radius 1 is 1.21 bits per heavy atom. The first kappa shape index (κ1) is 20.8. The average Bonchev–Trinajstić information content (AvgIpc) is 3.49. The van der Waals surface area contributed by atoms with Gasteiger partial charge < -0.3 is 10.1 Å². The molecule has 0 spiro atoms. The van der Waals surface area contributed by atoms with Gasteiger partial charge in [-0.25, -0.2) is 8.42 Å². The zero-order chi connectivity index (χ0) is 20.3. The molecule has 1 aliphatic carbocycles. The van der Waals surface area contributed by atoms with Gasteiger partial charge >= 0.3 is 5.97 Å². The summed E-state index contributed by atoms with van der Waals surface area (Å²) in [6, 6.07) is 4.50. The van der Waals surface area contributed by atoms with Gasteiger partial charge in [0.1, 0.15) is 6.54 Å². The number of carbonyl (C=O) groups excluding carboxylic acids is 2. The van der Waals surface area contributed by atoms with Gasteiger partial charge in [-0.15, -0.1) is 0 Å². The Bertz CT molecular complexity index is 848. The summed E-state index contributed by atoms with van der Waals surface area (Å²) in [5.74, 6) is -0.505. The molecule has 1 saturated heterocycles. The third-order valence-corrected chi connectivity index (χ3v) is 7.38. The number of amides is 1. The molecule has 1 aliphatic heterocycles. The minimum atomic E-state index is -3.66. The number of rotatable bonds is 7. The molecule has 8 heteroatoms. The zero-order valence-corrected chi connectivity index (χ0v) is 17.3. The average molecular weight is 409 g/mol.